The topological polar surface area (TPSA) is 29.5 Å². The van der Waals surface area contributed by atoms with E-state index in [1.54, 1.807) is 18.0 Å². The highest BCUT2D eigenvalue weighted by Crippen LogP contribution is 2.38. The van der Waals surface area contributed by atoms with E-state index in [4.69, 9.17) is 4.74 Å². The molecule has 1 fully saturated rings. The molecular formula is C14H18FNO2. The smallest absolute Gasteiger partial charge is 0.256 e. The van der Waals surface area contributed by atoms with Gasteiger partial charge in [-0.3, -0.25) is 4.79 Å². The lowest BCUT2D eigenvalue weighted by Crippen LogP contribution is -2.29. The molecule has 0 bridgehead atoms. The lowest BCUT2D eigenvalue weighted by Gasteiger charge is -2.17. The number of methoxy groups -OCH3 is 1. The third-order valence-corrected chi connectivity index (χ3v) is 3.54. The number of halogens is 1. The van der Waals surface area contributed by atoms with Gasteiger partial charge in [-0.05, 0) is 30.4 Å². The maximum Gasteiger partial charge on any atom is 0.256 e. The Morgan fingerprint density at radius 3 is 2.72 bits per heavy atom. The molecule has 4 heteroatoms. The van der Waals surface area contributed by atoms with Gasteiger partial charge < -0.3 is 9.64 Å². The molecule has 2 atom stereocenters. The summed E-state index contributed by atoms with van der Waals surface area (Å²) in [5, 5.41) is 0. The number of rotatable bonds is 4. The van der Waals surface area contributed by atoms with Gasteiger partial charge in [-0.15, -0.1) is 0 Å². The maximum atomic E-state index is 13.8. The van der Waals surface area contributed by atoms with Crippen LogP contribution in [0.1, 0.15) is 23.7 Å². The lowest BCUT2D eigenvalue weighted by atomic mass is 10.1. The number of carbonyl (C=O) groups excluding carboxylic acids is 1. The molecule has 0 aromatic heterocycles. The zero-order chi connectivity index (χ0) is 13.3. The SMILES string of the molecule is COc1ccc(C(=O)N(C)CC2CC2C)c(F)c1. The Morgan fingerprint density at radius 1 is 1.56 bits per heavy atom. The molecule has 1 aliphatic carbocycles. The quantitative estimate of drug-likeness (QED) is 0.823. The molecule has 0 spiro atoms. The zero-order valence-corrected chi connectivity index (χ0v) is 10.9. The first-order valence-electron chi connectivity index (χ1n) is 6.12. The fraction of sp³-hybridized carbons (Fsp3) is 0.500. The van der Waals surface area contributed by atoms with Crippen LogP contribution in [0.3, 0.4) is 0 Å². The van der Waals surface area contributed by atoms with Crippen LogP contribution in [-0.2, 0) is 0 Å². The van der Waals surface area contributed by atoms with Gasteiger partial charge in [-0.1, -0.05) is 6.92 Å². The van der Waals surface area contributed by atoms with Gasteiger partial charge in [0.1, 0.15) is 11.6 Å². The van der Waals surface area contributed by atoms with Crippen LogP contribution in [0.15, 0.2) is 18.2 Å². The van der Waals surface area contributed by atoms with Crippen molar-refractivity contribution in [1.29, 1.82) is 0 Å². The summed E-state index contributed by atoms with van der Waals surface area (Å²) in [7, 11) is 3.19. The van der Waals surface area contributed by atoms with Crippen molar-refractivity contribution in [3.63, 3.8) is 0 Å². The Morgan fingerprint density at radius 2 is 2.22 bits per heavy atom. The Kier molecular flexibility index (Phi) is 3.55. The van der Waals surface area contributed by atoms with E-state index in [1.807, 2.05) is 0 Å². The number of hydrogen-bond donors (Lipinski definition) is 0. The average molecular weight is 251 g/mol. The van der Waals surface area contributed by atoms with E-state index >= 15 is 0 Å². The summed E-state index contributed by atoms with van der Waals surface area (Å²) in [6.07, 6.45) is 1.16. The van der Waals surface area contributed by atoms with E-state index < -0.39 is 5.82 Å². The van der Waals surface area contributed by atoms with Gasteiger partial charge in [0.05, 0.1) is 12.7 Å². The molecule has 3 nitrogen and oxygen atoms in total. The number of amides is 1. The zero-order valence-electron chi connectivity index (χ0n) is 10.9. The summed E-state index contributed by atoms with van der Waals surface area (Å²) in [4.78, 5) is 13.7. The van der Waals surface area contributed by atoms with Crippen LogP contribution in [0.5, 0.6) is 5.75 Å². The van der Waals surface area contributed by atoms with E-state index in [9.17, 15) is 9.18 Å². The van der Waals surface area contributed by atoms with Gasteiger partial charge in [0, 0.05) is 19.7 Å². The van der Waals surface area contributed by atoms with Crippen LogP contribution in [0.4, 0.5) is 4.39 Å². The van der Waals surface area contributed by atoms with Crippen molar-refractivity contribution in [2.24, 2.45) is 11.8 Å². The van der Waals surface area contributed by atoms with Crippen molar-refractivity contribution in [2.75, 3.05) is 20.7 Å². The Labute approximate surface area is 107 Å². The minimum Gasteiger partial charge on any atom is -0.497 e. The predicted molar refractivity (Wildman–Crippen MR) is 67.2 cm³/mol. The third-order valence-electron chi connectivity index (χ3n) is 3.54. The van der Waals surface area contributed by atoms with E-state index in [1.165, 1.54) is 19.2 Å². The second kappa shape index (κ2) is 4.96. The van der Waals surface area contributed by atoms with Crippen molar-refractivity contribution in [2.45, 2.75) is 13.3 Å². The molecule has 1 amide bonds. The molecule has 1 saturated carbocycles. The largest absolute Gasteiger partial charge is 0.497 e. The van der Waals surface area contributed by atoms with Crippen LogP contribution >= 0.6 is 0 Å². The highest BCUT2D eigenvalue weighted by atomic mass is 19.1. The summed E-state index contributed by atoms with van der Waals surface area (Å²) in [6.45, 7) is 2.86. The average Bonchev–Trinajstić information content (AvgIpc) is 3.03. The Balaban J connectivity index is 2.07. The first-order chi connectivity index (χ1) is 8.52. The van der Waals surface area contributed by atoms with Crippen LogP contribution in [0.2, 0.25) is 0 Å². The van der Waals surface area contributed by atoms with Crippen LogP contribution in [0.25, 0.3) is 0 Å². The molecule has 18 heavy (non-hydrogen) atoms. The van der Waals surface area contributed by atoms with E-state index in [0.717, 1.165) is 6.42 Å². The molecule has 98 valence electrons. The lowest BCUT2D eigenvalue weighted by molar-refractivity contribution is 0.0782. The highest BCUT2D eigenvalue weighted by Gasteiger charge is 2.34. The van der Waals surface area contributed by atoms with Gasteiger partial charge in [0.25, 0.3) is 5.91 Å². The number of carbonyl (C=O) groups is 1. The van der Waals surface area contributed by atoms with Crippen molar-refractivity contribution in [3.05, 3.63) is 29.6 Å². The van der Waals surface area contributed by atoms with E-state index in [2.05, 4.69) is 6.92 Å². The van der Waals surface area contributed by atoms with Crippen molar-refractivity contribution in [3.8, 4) is 5.75 Å². The minimum atomic E-state index is -0.532. The maximum absolute atomic E-state index is 13.8. The summed E-state index contributed by atoms with van der Waals surface area (Å²) in [6, 6.07) is 4.31. The standard InChI is InChI=1S/C14H18FNO2/c1-9-6-10(9)8-16(2)14(17)12-5-4-11(18-3)7-13(12)15/h4-5,7,9-10H,6,8H2,1-3H3. The third kappa shape index (κ3) is 2.63. The highest BCUT2D eigenvalue weighted by molar-refractivity contribution is 5.94. The number of nitrogens with zero attached hydrogens (tertiary/aromatic N) is 1. The molecule has 0 radical (unpaired) electrons. The minimum absolute atomic E-state index is 0.103. The number of ether oxygens (including phenoxy) is 1. The fourth-order valence-electron chi connectivity index (χ4n) is 2.09. The van der Waals surface area contributed by atoms with Crippen LogP contribution in [-0.4, -0.2) is 31.5 Å². The Bertz CT molecular complexity index is 461. The molecule has 2 rings (SSSR count). The predicted octanol–water partition coefficient (Wildman–Crippen LogP) is 2.56. The number of benzene rings is 1. The second-order valence-corrected chi connectivity index (χ2v) is 5.00. The summed E-state index contributed by atoms with van der Waals surface area (Å²) < 4.78 is 18.7. The molecule has 1 aromatic rings. The first-order valence-corrected chi connectivity index (χ1v) is 6.12. The van der Waals surface area contributed by atoms with Gasteiger partial charge in [-0.2, -0.15) is 0 Å². The fourth-order valence-corrected chi connectivity index (χ4v) is 2.09. The van der Waals surface area contributed by atoms with Gasteiger partial charge in [-0.25, -0.2) is 4.39 Å². The normalized spacial score (nSPS) is 21.6. The molecule has 2 unspecified atom stereocenters. The monoisotopic (exact) mass is 251 g/mol. The molecule has 1 aliphatic rings. The van der Waals surface area contributed by atoms with Gasteiger partial charge in [0.15, 0.2) is 0 Å². The van der Waals surface area contributed by atoms with Gasteiger partial charge >= 0.3 is 0 Å². The summed E-state index contributed by atoms with van der Waals surface area (Å²) >= 11 is 0. The molecule has 1 aromatic carbocycles. The van der Waals surface area contributed by atoms with Crippen molar-refractivity contribution < 1.29 is 13.9 Å². The molecule has 0 heterocycles. The Hall–Kier alpha value is -1.58. The van der Waals surface area contributed by atoms with E-state index in [0.29, 0.717) is 24.1 Å². The molecular weight excluding hydrogens is 233 g/mol. The second-order valence-electron chi connectivity index (χ2n) is 5.00. The molecule has 0 N–H and O–H groups in total. The molecule has 0 saturated heterocycles. The van der Waals surface area contributed by atoms with Crippen LogP contribution in [0, 0.1) is 17.7 Å². The first kappa shape index (κ1) is 12.9. The van der Waals surface area contributed by atoms with Crippen molar-refractivity contribution >= 4 is 5.91 Å². The summed E-state index contributed by atoms with van der Waals surface area (Å²) in [5.74, 6) is 0.869. The van der Waals surface area contributed by atoms with Crippen molar-refractivity contribution in [1.82, 2.24) is 4.90 Å². The summed E-state index contributed by atoms with van der Waals surface area (Å²) in [5.41, 5.74) is 0.103. The molecule has 0 aliphatic heterocycles. The van der Waals surface area contributed by atoms with Gasteiger partial charge in [0.2, 0.25) is 0 Å². The number of hydrogen-bond acceptors (Lipinski definition) is 2. The van der Waals surface area contributed by atoms with Crippen LogP contribution < -0.4 is 4.74 Å². The van der Waals surface area contributed by atoms with E-state index in [-0.39, 0.29) is 11.5 Å².